The first-order valence-corrected chi connectivity index (χ1v) is 13.8. The molecule has 0 spiro atoms. The van der Waals surface area contributed by atoms with Crippen LogP contribution in [0.25, 0.3) is 6.08 Å². The van der Waals surface area contributed by atoms with Crippen molar-refractivity contribution in [3.63, 3.8) is 0 Å². The number of esters is 2. The normalized spacial score (nSPS) is 18.3. The van der Waals surface area contributed by atoms with Gasteiger partial charge in [-0.15, -0.1) is 0 Å². The third kappa shape index (κ3) is 9.53. The zero-order chi connectivity index (χ0) is 27.3. The van der Waals surface area contributed by atoms with Crippen LogP contribution in [0.1, 0.15) is 92.6 Å². The highest BCUT2D eigenvalue weighted by atomic mass is 16.5. The summed E-state index contributed by atoms with van der Waals surface area (Å²) < 4.78 is 17.0. The molecule has 0 radical (unpaired) electrons. The molecule has 7 heteroatoms. The van der Waals surface area contributed by atoms with Crippen LogP contribution in [0.2, 0.25) is 0 Å². The van der Waals surface area contributed by atoms with Crippen molar-refractivity contribution in [1.82, 2.24) is 0 Å². The largest absolute Gasteiger partial charge is 0.462 e. The number of benzene rings is 2. The number of hydrogen-bond acceptors (Lipinski definition) is 7. The highest BCUT2D eigenvalue weighted by Crippen LogP contribution is 2.27. The molecule has 2 aromatic rings. The van der Waals surface area contributed by atoms with E-state index in [9.17, 15) is 9.59 Å². The van der Waals surface area contributed by atoms with Crippen molar-refractivity contribution in [2.75, 3.05) is 24.7 Å². The lowest BCUT2D eigenvalue weighted by Gasteiger charge is -2.28. The van der Waals surface area contributed by atoms with E-state index in [0.717, 1.165) is 69.1 Å². The molecule has 1 fully saturated rings. The van der Waals surface area contributed by atoms with E-state index in [0.29, 0.717) is 16.9 Å². The fraction of sp³-hybridized carbons (Fsp3) is 0.484. The Bertz CT molecular complexity index is 1040. The molecule has 0 aliphatic heterocycles. The standard InChI is InChI=1S/C31H42N2O5/c1-3-5-6-24(25-18-26(32)20-27(33)19-25)21-37-30(34)16-9-22-7-10-23(11-8-22)31(35)38-29-14-12-28(13-15-29)36-17-4-2/h7-11,16,18-20,24,28-29H,3-6,12-15,17,21,32-33H2,1-2H3. The summed E-state index contributed by atoms with van der Waals surface area (Å²) in [6.07, 6.45) is 10.7. The van der Waals surface area contributed by atoms with Crippen LogP contribution >= 0.6 is 0 Å². The van der Waals surface area contributed by atoms with Crippen LogP contribution in [-0.2, 0) is 19.0 Å². The van der Waals surface area contributed by atoms with E-state index in [1.165, 1.54) is 6.08 Å². The molecule has 0 aromatic heterocycles. The lowest BCUT2D eigenvalue weighted by Crippen LogP contribution is -2.28. The summed E-state index contributed by atoms with van der Waals surface area (Å²) in [5, 5.41) is 0. The molecule has 3 rings (SSSR count). The number of carbonyl (C=O) groups excluding carboxylic acids is 2. The lowest BCUT2D eigenvalue weighted by atomic mass is 9.93. The van der Waals surface area contributed by atoms with Gasteiger partial charge in [-0.2, -0.15) is 0 Å². The Labute approximate surface area is 226 Å². The summed E-state index contributed by atoms with van der Waals surface area (Å²) in [4.78, 5) is 25.0. The number of hydrogen-bond donors (Lipinski definition) is 2. The van der Waals surface area contributed by atoms with Gasteiger partial charge in [0, 0.05) is 30.0 Å². The number of nitrogen functional groups attached to an aromatic ring is 2. The smallest absolute Gasteiger partial charge is 0.338 e. The second-order valence-electron chi connectivity index (χ2n) is 10.0. The monoisotopic (exact) mass is 522 g/mol. The second-order valence-corrected chi connectivity index (χ2v) is 10.0. The number of rotatable bonds is 13. The van der Waals surface area contributed by atoms with Gasteiger partial charge in [-0.3, -0.25) is 0 Å². The zero-order valence-corrected chi connectivity index (χ0v) is 22.7. The average molecular weight is 523 g/mol. The van der Waals surface area contributed by atoms with E-state index in [1.807, 2.05) is 12.1 Å². The minimum atomic E-state index is -0.426. The van der Waals surface area contributed by atoms with E-state index in [4.69, 9.17) is 25.7 Å². The molecular weight excluding hydrogens is 480 g/mol. The highest BCUT2D eigenvalue weighted by Gasteiger charge is 2.24. The molecular formula is C31H42N2O5. The summed E-state index contributed by atoms with van der Waals surface area (Å²) in [6.45, 7) is 5.26. The number of carbonyl (C=O) groups is 2. The average Bonchev–Trinajstić information content (AvgIpc) is 2.91. The predicted octanol–water partition coefficient (Wildman–Crippen LogP) is 6.28. The van der Waals surface area contributed by atoms with Crippen LogP contribution in [0, 0.1) is 0 Å². The van der Waals surface area contributed by atoms with Gasteiger partial charge < -0.3 is 25.7 Å². The molecule has 1 aliphatic rings. The Kier molecular flexibility index (Phi) is 11.7. The zero-order valence-electron chi connectivity index (χ0n) is 22.7. The first-order chi connectivity index (χ1) is 18.4. The van der Waals surface area contributed by atoms with Crippen LogP contribution in [0.3, 0.4) is 0 Å². The summed E-state index contributed by atoms with van der Waals surface area (Å²) >= 11 is 0. The van der Waals surface area contributed by atoms with Crippen molar-refractivity contribution in [1.29, 1.82) is 0 Å². The molecule has 1 atom stereocenters. The predicted molar refractivity (Wildman–Crippen MR) is 152 cm³/mol. The van der Waals surface area contributed by atoms with Crippen LogP contribution in [0.4, 0.5) is 11.4 Å². The van der Waals surface area contributed by atoms with Gasteiger partial charge in [0.25, 0.3) is 0 Å². The number of nitrogens with two attached hydrogens (primary N) is 2. The summed E-state index contributed by atoms with van der Waals surface area (Å²) in [5.74, 6) is -0.717. The molecule has 0 bridgehead atoms. The fourth-order valence-electron chi connectivity index (χ4n) is 4.68. The highest BCUT2D eigenvalue weighted by molar-refractivity contribution is 5.90. The van der Waals surface area contributed by atoms with Gasteiger partial charge in [-0.1, -0.05) is 38.8 Å². The van der Waals surface area contributed by atoms with Crippen molar-refractivity contribution in [2.45, 2.75) is 83.3 Å². The minimum absolute atomic E-state index is 0.0299. The molecule has 4 N–H and O–H groups in total. The van der Waals surface area contributed by atoms with Gasteiger partial charge in [-0.25, -0.2) is 9.59 Å². The third-order valence-corrected chi connectivity index (χ3v) is 6.82. The molecule has 1 aliphatic carbocycles. The Morgan fingerprint density at radius 2 is 1.61 bits per heavy atom. The van der Waals surface area contributed by atoms with Gasteiger partial charge in [0.2, 0.25) is 0 Å². The molecule has 1 saturated carbocycles. The van der Waals surface area contributed by atoms with Crippen molar-refractivity contribution in [3.8, 4) is 0 Å². The van der Waals surface area contributed by atoms with Crippen molar-refractivity contribution in [3.05, 3.63) is 65.2 Å². The van der Waals surface area contributed by atoms with E-state index in [-0.39, 0.29) is 30.7 Å². The third-order valence-electron chi connectivity index (χ3n) is 6.82. The molecule has 7 nitrogen and oxygen atoms in total. The molecule has 0 amide bonds. The van der Waals surface area contributed by atoms with E-state index in [2.05, 4.69) is 13.8 Å². The van der Waals surface area contributed by atoms with Crippen LogP contribution in [0.5, 0.6) is 0 Å². The van der Waals surface area contributed by atoms with Gasteiger partial charge in [0.05, 0.1) is 18.3 Å². The first-order valence-electron chi connectivity index (χ1n) is 13.8. The molecule has 38 heavy (non-hydrogen) atoms. The Morgan fingerprint density at radius 3 is 2.24 bits per heavy atom. The van der Waals surface area contributed by atoms with Crippen molar-refractivity contribution < 1.29 is 23.8 Å². The van der Waals surface area contributed by atoms with Gasteiger partial charge in [0.1, 0.15) is 6.10 Å². The maximum atomic E-state index is 12.6. The van der Waals surface area contributed by atoms with Crippen molar-refractivity contribution >= 4 is 29.4 Å². The van der Waals surface area contributed by atoms with E-state index < -0.39 is 5.97 Å². The SMILES string of the molecule is CCCCC(COC(=O)C=Cc1ccc(C(=O)OC2CCC(OCCC)CC2)cc1)c1cc(N)cc(N)c1. The van der Waals surface area contributed by atoms with Gasteiger partial charge >= 0.3 is 11.9 Å². The van der Waals surface area contributed by atoms with Crippen LogP contribution in [0.15, 0.2) is 48.5 Å². The van der Waals surface area contributed by atoms with E-state index in [1.54, 1.807) is 36.4 Å². The maximum absolute atomic E-state index is 12.6. The number of unbranched alkanes of at least 4 members (excludes halogenated alkanes) is 1. The molecule has 2 aromatic carbocycles. The Morgan fingerprint density at radius 1 is 0.947 bits per heavy atom. The molecule has 0 heterocycles. The molecule has 0 saturated heterocycles. The Balaban J connectivity index is 1.47. The van der Waals surface area contributed by atoms with Crippen molar-refractivity contribution in [2.24, 2.45) is 0 Å². The first kappa shape index (κ1) is 29.2. The second kappa shape index (κ2) is 15.2. The summed E-state index contributed by atoms with van der Waals surface area (Å²) in [7, 11) is 0. The topological polar surface area (TPSA) is 114 Å². The minimum Gasteiger partial charge on any atom is -0.462 e. The fourth-order valence-corrected chi connectivity index (χ4v) is 4.68. The van der Waals surface area contributed by atoms with E-state index >= 15 is 0 Å². The molecule has 1 unspecified atom stereocenters. The summed E-state index contributed by atoms with van der Waals surface area (Å²) in [6, 6.07) is 12.5. The lowest BCUT2D eigenvalue weighted by molar-refractivity contribution is -0.138. The quantitative estimate of drug-likeness (QED) is 0.181. The van der Waals surface area contributed by atoms with Crippen LogP contribution < -0.4 is 11.5 Å². The molecule has 206 valence electrons. The number of anilines is 2. The summed E-state index contributed by atoms with van der Waals surface area (Å²) in [5.41, 5.74) is 15.4. The Hall–Kier alpha value is -3.32. The number of ether oxygens (including phenoxy) is 3. The van der Waals surface area contributed by atoms with Gasteiger partial charge in [0.15, 0.2) is 0 Å². The van der Waals surface area contributed by atoms with Gasteiger partial charge in [-0.05, 0) is 86.1 Å². The van der Waals surface area contributed by atoms with Crippen LogP contribution in [-0.4, -0.2) is 37.4 Å². The maximum Gasteiger partial charge on any atom is 0.338 e.